The molecule has 1 aliphatic heterocycles. The fourth-order valence-corrected chi connectivity index (χ4v) is 2.34. The first kappa shape index (κ1) is 13.7. The van der Waals surface area contributed by atoms with Crippen molar-refractivity contribution < 1.29 is 9.53 Å². The Hall–Kier alpha value is -1.75. The molecular formula is C14H21N3O2. The van der Waals surface area contributed by atoms with Gasteiger partial charge in [-0.25, -0.2) is 4.79 Å². The molecule has 1 aromatic rings. The van der Waals surface area contributed by atoms with Gasteiger partial charge in [-0.05, 0) is 32.0 Å². The second-order valence-electron chi connectivity index (χ2n) is 4.70. The number of urea groups is 1. The average Bonchev–Trinajstić information content (AvgIpc) is 2.47. The summed E-state index contributed by atoms with van der Waals surface area (Å²) in [7, 11) is 3.54. The van der Waals surface area contributed by atoms with Crippen molar-refractivity contribution >= 4 is 11.7 Å². The summed E-state index contributed by atoms with van der Waals surface area (Å²) in [6, 6.07) is 7.76. The Kier molecular flexibility index (Phi) is 4.63. The van der Waals surface area contributed by atoms with Crippen molar-refractivity contribution in [3.05, 3.63) is 24.3 Å². The van der Waals surface area contributed by atoms with Gasteiger partial charge >= 0.3 is 6.03 Å². The summed E-state index contributed by atoms with van der Waals surface area (Å²) in [5.74, 6) is 0.679. The zero-order valence-corrected chi connectivity index (χ0v) is 11.5. The third-order valence-corrected chi connectivity index (χ3v) is 3.47. The van der Waals surface area contributed by atoms with Gasteiger partial charge in [0.15, 0.2) is 0 Å². The van der Waals surface area contributed by atoms with E-state index in [-0.39, 0.29) is 6.03 Å². The number of anilines is 1. The summed E-state index contributed by atoms with van der Waals surface area (Å²) in [6.45, 7) is 1.55. The minimum Gasteiger partial charge on any atom is -0.495 e. The van der Waals surface area contributed by atoms with Crippen LogP contribution in [0.4, 0.5) is 10.5 Å². The van der Waals surface area contributed by atoms with E-state index in [1.165, 1.54) is 0 Å². The molecule has 1 fully saturated rings. The van der Waals surface area contributed by atoms with Crippen molar-refractivity contribution in [1.29, 1.82) is 0 Å². The Morgan fingerprint density at radius 2 is 2.21 bits per heavy atom. The number of carbonyl (C=O) groups excluding carboxylic acids is 1. The van der Waals surface area contributed by atoms with Crippen LogP contribution in [0.3, 0.4) is 0 Å². The summed E-state index contributed by atoms with van der Waals surface area (Å²) in [4.78, 5) is 14.1. The van der Waals surface area contributed by atoms with E-state index in [2.05, 4.69) is 10.6 Å². The molecule has 0 spiro atoms. The quantitative estimate of drug-likeness (QED) is 0.876. The first-order valence-electron chi connectivity index (χ1n) is 6.61. The molecule has 5 heteroatoms. The molecule has 0 aromatic heterocycles. The van der Waals surface area contributed by atoms with E-state index in [1.54, 1.807) is 7.11 Å². The molecule has 104 valence electrons. The minimum atomic E-state index is -0.0653. The van der Waals surface area contributed by atoms with E-state index in [0.29, 0.717) is 17.5 Å². The molecule has 0 unspecified atom stereocenters. The second kappa shape index (κ2) is 6.43. The van der Waals surface area contributed by atoms with Crippen LogP contribution in [0.2, 0.25) is 0 Å². The maximum atomic E-state index is 12.2. The largest absolute Gasteiger partial charge is 0.495 e. The summed E-state index contributed by atoms with van der Waals surface area (Å²) in [5, 5.41) is 6.14. The van der Waals surface area contributed by atoms with Crippen LogP contribution in [0.15, 0.2) is 24.3 Å². The lowest BCUT2D eigenvalue weighted by atomic mass is 10.1. The molecule has 1 heterocycles. The first-order valence-corrected chi connectivity index (χ1v) is 6.61. The lowest BCUT2D eigenvalue weighted by Crippen LogP contribution is -2.48. The maximum absolute atomic E-state index is 12.2. The van der Waals surface area contributed by atoms with Crippen LogP contribution in [0.1, 0.15) is 12.8 Å². The predicted molar refractivity (Wildman–Crippen MR) is 75.7 cm³/mol. The molecule has 0 bridgehead atoms. The highest BCUT2D eigenvalue weighted by Crippen LogP contribution is 2.23. The Labute approximate surface area is 113 Å². The molecular weight excluding hydrogens is 242 g/mol. The number of methoxy groups -OCH3 is 1. The van der Waals surface area contributed by atoms with E-state index in [4.69, 9.17) is 4.74 Å². The van der Waals surface area contributed by atoms with Gasteiger partial charge in [0.05, 0.1) is 12.8 Å². The average molecular weight is 263 g/mol. The molecule has 1 aliphatic rings. The Morgan fingerprint density at radius 3 is 2.95 bits per heavy atom. The third-order valence-electron chi connectivity index (χ3n) is 3.47. The molecule has 1 saturated heterocycles. The van der Waals surface area contributed by atoms with Gasteiger partial charge in [-0.2, -0.15) is 0 Å². The number of hydrogen-bond acceptors (Lipinski definition) is 3. The second-order valence-corrected chi connectivity index (χ2v) is 4.70. The fourth-order valence-electron chi connectivity index (χ4n) is 2.34. The van der Waals surface area contributed by atoms with Crippen LogP contribution in [0.5, 0.6) is 5.75 Å². The van der Waals surface area contributed by atoms with Crippen LogP contribution < -0.4 is 15.4 Å². The summed E-state index contributed by atoms with van der Waals surface area (Å²) < 4.78 is 5.23. The third kappa shape index (κ3) is 3.38. The number of ether oxygens (including phenoxy) is 1. The van der Waals surface area contributed by atoms with Gasteiger partial charge in [-0.15, -0.1) is 0 Å². The van der Waals surface area contributed by atoms with Crippen LogP contribution >= 0.6 is 0 Å². The van der Waals surface area contributed by atoms with Crippen molar-refractivity contribution in [3.63, 3.8) is 0 Å². The zero-order chi connectivity index (χ0) is 13.7. The van der Waals surface area contributed by atoms with Gasteiger partial charge in [0.1, 0.15) is 5.75 Å². The van der Waals surface area contributed by atoms with E-state index in [9.17, 15) is 4.79 Å². The minimum absolute atomic E-state index is 0.0653. The zero-order valence-electron chi connectivity index (χ0n) is 11.5. The Balaban J connectivity index is 2.00. The Morgan fingerprint density at radius 1 is 1.42 bits per heavy atom. The van der Waals surface area contributed by atoms with Gasteiger partial charge < -0.3 is 20.3 Å². The fraction of sp³-hybridized carbons (Fsp3) is 0.500. The van der Waals surface area contributed by atoms with Crippen LogP contribution in [0.25, 0.3) is 0 Å². The highest BCUT2D eigenvalue weighted by atomic mass is 16.5. The molecule has 0 saturated carbocycles. The van der Waals surface area contributed by atoms with Gasteiger partial charge in [-0.3, -0.25) is 0 Å². The van der Waals surface area contributed by atoms with Crippen LogP contribution in [0, 0.1) is 0 Å². The summed E-state index contributed by atoms with van der Waals surface area (Å²) >= 11 is 0. The molecule has 2 amide bonds. The number of likely N-dealkylation sites (tertiary alicyclic amines) is 1. The van der Waals surface area contributed by atoms with Crippen molar-refractivity contribution in [1.82, 2.24) is 10.2 Å². The van der Waals surface area contributed by atoms with Gasteiger partial charge in [0.25, 0.3) is 0 Å². The number of piperidine rings is 1. The standard InChI is InChI=1S/C14H21N3O2/c1-15-11-6-5-9-17(10-11)14(18)16-12-7-3-4-8-13(12)19-2/h3-4,7-8,11,15H,5-6,9-10H2,1-2H3,(H,16,18)/t11-/m1/s1. The number of hydrogen-bond donors (Lipinski definition) is 2. The number of rotatable bonds is 3. The van der Waals surface area contributed by atoms with Gasteiger partial charge in [-0.1, -0.05) is 12.1 Å². The maximum Gasteiger partial charge on any atom is 0.322 e. The molecule has 0 radical (unpaired) electrons. The summed E-state index contributed by atoms with van der Waals surface area (Å²) in [6.07, 6.45) is 2.15. The summed E-state index contributed by atoms with van der Waals surface area (Å²) in [5.41, 5.74) is 0.710. The van der Waals surface area contributed by atoms with Crippen molar-refractivity contribution in [2.75, 3.05) is 32.6 Å². The Bertz CT molecular complexity index is 436. The number of nitrogens with zero attached hydrogens (tertiary/aromatic N) is 1. The van der Waals surface area contributed by atoms with Crippen molar-refractivity contribution in [2.45, 2.75) is 18.9 Å². The highest BCUT2D eigenvalue weighted by molar-refractivity contribution is 5.91. The van der Waals surface area contributed by atoms with Gasteiger partial charge in [0.2, 0.25) is 0 Å². The van der Waals surface area contributed by atoms with Crippen LogP contribution in [-0.2, 0) is 0 Å². The SMILES string of the molecule is CN[C@@H]1CCCN(C(=O)Nc2ccccc2OC)C1. The molecule has 2 rings (SSSR count). The lowest BCUT2D eigenvalue weighted by molar-refractivity contribution is 0.187. The molecule has 5 nitrogen and oxygen atoms in total. The molecule has 2 N–H and O–H groups in total. The van der Waals surface area contributed by atoms with E-state index < -0.39 is 0 Å². The van der Waals surface area contributed by atoms with Crippen molar-refractivity contribution in [3.8, 4) is 5.75 Å². The molecule has 1 atom stereocenters. The number of nitrogens with one attached hydrogen (secondary N) is 2. The molecule has 19 heavy (non-hydrogen) atoms. The van der Waals surface area contributed by atoms with Crippen molar-refractivity contribution in [2.24, 2.45) is 0 Å². The first-order chi connectivity index (χ1) is 9.24. The highest BCUT2D eigenvalue weighted by Gasteiger charge is 2.22. The lowest BCUT2D eigenvalue weighted by Gasteiger charge is -2.32. The topological polar surface area (TPSA) is 53.6 Å². The number of benzene rings is 1. The molecule has 1 aromatic carbocycles. The monoisotopic (exact) mass is 263 g/mol. The smallest absolute Gasteiger partial charge is 0.322 e. The number of para-hydroxylation sites is 2. The number of carbonyl (C=O) groups is 1. The normalized spacial score (nSPS) is 19.1. The molecule has 0 aliphatic carbocycles. The number of amides is 2. The van der Waals surface area contributed by atoms with E-state index >= 15 is 0 Å². The van der Waals surface area contributed by atoms with Gasteiger partial charge in [0, 0.05) is 19.1 Å². The van der Waals surface area contributed by atoms with E-state index in [1.807, 2.05) is 36.2 Å². The predicted octanol–water partition coefficient (Wildman–Crippen LogP) is 1.91. The van der Waals surface area contributed by atoms with E-state index in [0.717, 1.165) is 25.9 Å². The van der Waals surface area contributed by atoms with Crippen LogP contribution in [-0.4, -0.2) is 44.2 Å². The number of likely N-dealkylation sites (N-methyl/N-ethyl adjacent to an activating group) is 1.